The van der Waals surface area contributed by atoms with Crippen LogP contribution in [0.1, 0.15) is 149 Å². The standard InChI is InChI=1S/C36H48O6/c1-7-9-11-13-19-41-31(37)23-35(3,4)25-15-17-27-29(21-25)33(39)28-18-16-26(22-30(28)34(27)40)36(5,6)24-32(38)42-20-14-12-10-8-2/h15-18,21-22H,7-14,19-20,23-24H2,1-6H3. The predicted octanol–water partition coefficient (Wildman–Crippen LogP) is 8.04. The van der Waals surface area contributed by atoms with Gasteiger partial charge in [-0.3, -0.25) is 19.2 Å². The van der Waals surface area contributed by atoms with E-state index in [1.807, 2.05) is 39.8 Å². The zero-order valence-corrected chi connectivity index (χ0v) is 26.4. The molecule has 0 aliphatic heterocycles. The van der Waals surface area contributed by atoms with E-state index in [4.69, 9.17) is 9.47 Å². The highest BCUT2D eigenvalue weighted by atomic mass is 16.5. The summed E-state index contributed by atoms with van der Waals surface area (Å²) in [4.78, 5) is 52.3. The number of unbranched alkanes of at least 4 members (excludes halogenated alkanes) is 6. The molecule has 0 saturated carbocycles. The number of hydrogen-bond donors (Lipinski definition) is 0. The Kier molecular flexibility index (Phi) is 11.7. The second-order valence-corrected chi connectivity index (χ2v) is 12.9. The maximum atomic E-state index is 13.6. The molecule has 0 radical (unpaired) electrons. The molecule has 0 heterocycles. The van der Waals surface area contributed by atoms with Crippen LogP contribution >= 0.6 is 0 Å². The molecule has 0 fully saturated rings. The monoisotopic (exact) mass is 576 g/mol. The fourth-order valence-corrected chi connectivity index (χ4v) is 5.45. The van der Waals surface area contributed by atoms with E-state index in [-0.39, 0.29) is 36.3 Å². The van der Waals surface area contributed by atoms with Crippen LogP contribution < -0.4 is 0 Å². The maximum absolute atomic E-state index is 13.6. The van der Waals surface area contributed by atoms with Crippen LogP contribution in [0.4, 0.5) is 0 Å². The summed E-state index contributed by atoms with van der Waals surface area (Å²) in [5.74, 6) is -0.965. The van der Waals surface area contributed by atoms with Gasteiger partial charge in [0.2, 0.25) is 0 Å². The third-order valence-corrected chi connectivity index (χ3v) is 8.28. The molecule has 0 N–H and O–H groups in total. The minimum absolute atomic E-state index is 0.178. The normalized spacial score (nSPS) is 13.0. The van der Waals surface area contributed by atoms with Crippen molar-refractivity contribution in [2.24, 2.45) is 0 Å². The molecule has 0 spiro atoms. The smallest absolute Gasteiger partial charge is 0.306 e. The Labute approximate surface area is 251 Å². The van der Waals surface area contributed by atoms with Crippen LogP contribution in [-0.4, -0.2) is 36.7 Å². The number of ketones is 2. The Hall–Kier alpha value is -3.28. The van der Waals surface area contributed by atoms with Crippen molar-refractivity contribution in [2.45, 2.75) is 117 Å². The summed E-state index contributed by atoms with van der Waals surface area (Å²) in [5, 5.41) is 0. The average molecular weight is 577 g/mol. The van der Waals surface area contributed by atoms with Crippen molar-refractivity contribution in [3.63, 3.8) is 0 Å². The van der Waals surface area contributed by atoms with E-state index in [0.29, 0.717) is 35.5 Å². The molecule has 6 nitrogen and oxygen atoms in total. The SMILES string of the molecule is CCCCCCOC(=O)CC(C)(C)c1ccc2c(c1)C(=O)c1ccc(C(C)(C)CC(=O)OCCCCCC)cc1C2=O. The highest BCUT2D eigenvalue weighted by Crippen LogP contribution is 2.36. The lowest BCUT2D eigenvalue weighted by molar-refractivity contribution is -0.146. The fourth-order valence-electron chi connectivity index (χ4n) is 5.45. The Morgan fingerprint density at radius 1 is 0.571 bits per heavy atom. The van der Waals surface area contributed by atoms with Gasteiger partial charge in [0.1, 0.15) is 0 Å². The van der Waals surface area contributed by atoms with Crippen LogP contribution in [-0.2, 0) is 29.9 Å². The third kappa shape index (κ3) is 8.39. The number of fused-ring (bicyclic) bond motifs is 2. The first kappa shape index (κ1) is 33.2. The maximum Gasteiger partial charge on any atom is 0.306 e. The second kappa shape index (κ2) is 14.8. The van der Waals surface area contributed by atoms with Crippen molar-refractivity contribution in [2.75, 3.05) is 13.2 Å². The molecule has 42 heavy (non-hydrogen) atoms. The van der Waals surface area contributed by atoms with Gasteiger partial charge in [-0.05, 0) is 48.2 Å². The van der Waals surface area contributed by atoms with Gasteiger partial charge in [-0.15, -0.1) is 0 Å². The molecule has 2 aromatic carbocycles. The van der Waals surface area contributed by atoms with Gasteiger partial charge in [-0.25, -0.2) is 0 Å². The van der Waals surface area contributed by atoms with Gasteiger partial charge in [0.25, 0.3) is 0 Å². The number of esters is 2. The molecular weight excluding hydrogens is 528 g/mol. The second-order valence-electron chi connectivity index (χ2n) is 12.9. The van der Waals surface area contributed by atoms with Crippen molar-refractivity contribution in [3.8, 4) is 0 Å². The highest BCUT2D eigenvalue weighted by molar-refractivity contribution is 6.28. The van der Waals surface area contributed by atoms with E-state index < -0.39 is 10.8 Å². The molecule has 228 valence electrons. The summed E-state index contributed by atoms with van der Waals surface area (Å²) in [6.45, 7) is 12.9. The van der Waals surface area contributed by atoms with Gasteiger partial charge in [0.05, 0.1) is 26.1 Å². The Balaban J connectivity index is 1.73. The lowest BCUT2D eigenvalue weighted by atomic mass is 9.75. The Morgan fingerprint density at radius 3 is 1.31 bits per heavy atom. The van der Waals surface area contributed by atoms with Crippen LogP contribution in [0.15, 0.2) is 36.4 Å². The molecule has 2 aromatic rings. The van der Waals surface area contributed by atoms with Crippen molar-refractivity contribution in [1.29, 1.82) is 0 Å². The average Bonchev–Trinajstić information content (AvgIpc) is 2.94. The summed E-state index contributed by atoms with van der Waals surface area (Å²) in [7, 11) is 0. The van der Waals surface area contributed by atoms with Crippen LogP contribution in [0.5, 0.6) is 0 Å². The molecule has 0 saturated heterocycles. The van der Waals surface area contributed by atoms with Crippen molar-refractivity contribution in [1.82, 2.24) is 0 Å². The van der Waals surface area contributed by atoms with Crippen molar-refractivity contribution in [3.05, 3.63) is 69.8 Å². The molecule has 3 rings (SSSR count). The summed E-state index contributed by atoms with van der Waals surface area (Å²) in [5.41, 5.74) is 1.88. The predicted molar refractivity (Wildman–Crippen MR) is 165 cm³/mol. The molecule has 0 amide bonds. The minimum Gasteiger partial charge on any atom is -0.466 e. The van der Waals surface area contributed by atoms with Crippen molar-refractivity contribution >= 4 is 23.5 Å². The van der Waals surface area contributed by atoms with Gasteiger partial charge in [0.15, 0.2) is 11.6 Å². The van der Waals surface area contributed by atoms with Gasteiger partial charge < -0.3 is 9.47 Å². The van der Waals surface area contributed by atoms with Gasteiger partial charge >= 0.3 is 11.9 Å². The number of hydrogen-bond acceptors (Lipinski definition) is 6. The molecular formula is C36H48O6. The van der Waals surface area contributed by atoms with Crippen LogP contribution in [0.2, 0.25) is 0 Å². The molecule has 1 aliphatic rings. The lowest BCUT2D eigenvalue weighted by Crippen LogP contribution is -2.27. The molecule has 0 bridgehead atoms. The van der Waals surface area contributed by atoms with E-state index in [1.165, 1.54) is 0 Å². The molecule has 0 aromatic heterocycles. The lowest BCUT2D eigenvalue weighted by Gasteiger charge is -2.28. The number of benzene rings is 2. The largest absolute Gasteiger partial charge is 0.466 e. The van der Waals surface area contributed by atoms with Gasteiger partial charge in [-0.2, -0.15) is 0 Å². The van der Waals surface area contributed by atoms with Crippen molar-refractivity contribution < 1.29 is 28.7 Å². The van der Waals surface area contributed by atoms with E-state index in [1.54, 1.807) is 24.3 Å². The summed E-state index contributed by atoms with van der Waals surface area (Å²) in [6.07, 6.45) is 8.66. The third-order valence-electron chi connectivity index (χ3n) is 8.28. The van der Waals surface area contributed by atoms with E-state index in [2.05, 4.69) is 13.8 Å². The fraction of sp³-hybridized carbons (Fsp3) is 0.556. The van der Waals surface area contributed by atoms with E-state index in [9.17, 15) is 19.2 Å². The molecule has 0 atom stereocenters. The van der Waals surface area contributed by atoms with Gasteiger partial charge in [0, 0.05) is 33.1 Å². The van der Waals surface area contributed by atoms with E-state index >= 15 is 0 Å². The number of carbonyl (C=O) groups excluding carboxylic acids is 4. The van der Waals surface area contributed by atoms with E-state index in [0.717, 1.165) is 62.5 Å². The van der Waals surface area contributed by atoms with Gasteiger partial charge in [-0.1, -0.05) is 92.2 Å². The highest BCUT2D eigenvalue weighted by Gasteiger charge is 2.34. The number of carbonyl (C=O) groups is 4. The van der Waals surface area contributed by atoms with Crippen LogP contribution in [0.25, 0.3) is 0 Å². The Bertz CT molecular complexity index is 1190. The number of rotatable bonds is 16. The first-order valence-corrected chi connectivity index (χ1v) is 15.6. The zero-order valence-electron chi connectivity index (χ0n) is 26.4. The Morgan fingerprint density at radius 2 is 0.952 bits per heavy atom. The number of ether oxygens (including phenoxy) is 2. The molecule has 6 heteroatoms. The van der Waals surface area contributed by atoms with Crippen LogP contribution in [0.3, 0.4) is 0 Å². The quantitative estimate of drug-likeness (QED) is 0.127. The minimum atomic E-state index is -0.572. The zero-order chi connectivity index (χ0) is 30.9. The summed E-state index contributed by atoms with van der Waals surface area (Å²) in [6, 6.07) is 10.5. The first-order chi connectivity index (χ1) is 19.9. The van der Waals surface area contributed by atoms with Crippen LogP contribution in [0, 0.1) is 0 Å². The summed E-state index contributed by atoms with van der Waals surface area (Å²) >= 11 is 0. The summed E-state index contributed by atoms with van der Waals surface area (Å²) < 4.78 is 10.9. The topological polar surface area (TPSA) is 86.7 Å². The first-order valence-electron chi connectivity index (χ1n) is 15.6. The molecule has 0 unspecified atom stereocenters. The molecule has 1 aliphatic carbocycles.